The van der Waals surface area contributed by atoms with Gasteiger partial charge in [-0.1, -0.05) is 6.92 Å². The predicted molar refractivity (Wildman–Crippen MR) is 98.6 cm³/mol. The number of hydrogen-bond donors (Lipinski definition) is 1. The van der Waals surface area contributed by atoms with Crippen LogP contribution in [0.4, 0.5) is 0 Å². The van der Waals surface area contributed by atoms with Crippen molar-refractivity contribution in [2.24, 2.45) is 5.41 Å². The topological polar surface area (TPSA) is 110 Å². The lowest BCUT2D eigenvalue weighted by atomic mass is 9.89. The Kier molecular flexibility index (Phi) is 6.25. The highest BCUT2D eigenvalue weighted by Gasteiger charge is 2.43. The molecule has 1 fully saturated rings. The molecule has 1 aromatic carbocycles. The molecule has 0 bridgehead atoms. The summed E-state index contributed by atoms with van der Waals surface area (Å²) in [4.78, 5) is 38.1. The predicted octanol–water partition coefficient (Wildman–Crippen LogP) is 1.18. The van der Waals surface area contributed by atoms with Gasteiger partial charge in [0, 0.05) is 18.7 Å². The number of nitrogens with one attached hydrogen (secondary N) is 1. The number of carbonyl (C=O) groups excluding carboxylic acids is 3. The first-order valence-corrected chi connectivity index (χ1v) is 10.3. The number of sulfonamides is 1. The van der Waals surface area contributed by atoms with E-state index in [0.717, 1.165) is 0 Å². The van der Waals surface area contributed by atoms with Gasteiger partial charge in [0.2, 0.25) is 15.9 Å². The number of rotatable bonds is 6. The number of benzene rings is 1. The van der Waals surface area contributed by atoms with E-state index in [-0.39, 0.29) is 18.2 Å². The van der Waals surface area contributed by atoms with E-state index < -0.39 is 27.3 Å². The smallest absolute Gasteiger partial charge is 0.337 e. The first kappa shape index (κ1) is 20.9. The van der Waals surface area contributed by atoms with Gasteiger partial charge in [-0.2, -0.15) is 0 Å². The number of amides is 2. The minimum atomic E-state index is -3.66. The lowest BCUT2D eigenvalue weighted by molar-refractivity contribution is -0.127. The molecule has 0 radical (unpaired) electrons. The molecule has 1 heterocycles. The van der Waals surface area contributed by atoms with Gasteiger partial charge in [0.15, 0.2) is 0 Å². The van der Waals surface area contributed by atoms with Crippen LogP contribution < -0.4 is 4.72 Å². The molecule has 1 aliphatic heterocycles. The van der Waals surface area contributed by atoms with Crippen LogP contribution in [0.2, 0.25) is 0 Å². The molecule has 1 unspecified atom stereocenters. The SMILES string of the molecule is CCCS(=O)(=O)NC(=O)C1(C)CCN(C(=O)c2ccc(C(=O)OC)cc2)C1. The van der Waals surface area contributed by atoms with E-state index in [1.165, 1.54) is 36.3 Å². The van der Waals surface area contributed by atoms with Gasteiger partial charge in [-0.15, -0.1) is 0 Å². The molecule has 27 heavy (non-hydrogen) atoms. The molecule has 2 rings (SSSR count). The molecule has 1 N–H and O–H groups in total. The van der Waals surface area contributed by atoms with E-state index in [4.69, 9.17) is 0 Å². The van der Waals surface area contributed by atoms with Gasteiger partial charge in [0.1, 0.15) is 0 Å². The molecular weight excluding hydrogens is 372 g/mol. The summed E-state index contributed by atoms with van der Waals surface area (Å²) in [6, 6.07) is 6.04. The Morgan fingerprint density at radius 3 is 2.33 bits per heavy atom. The van der Waals surface area contributed by atoms with E-state index >= 15 is 0 Å². The number of hydrogen-bond acceptors (Lipinski definition) is 6. The Balaban J connectivity index is 2.06. The summed E-state index contributed by atoms with van der Waals surface area (Å²) in [5, 5.41) is 0. The van der Waals surface area contributed by atoms with Gasteiger partial charge in [0.05, 0.1) is 23.8 Å². The standard InChI is InChI=1S/C18H24N2O6S/c1-4-11-27(24,25)19-17(23)18(2)9-10-20(12-18)15(21)13-5-7-14(8-6-13)16(22)26-3/h5-8H,4,9-12H2,1-3H3,(H,19,23). The van der Waals surface area contributed by atoms with Crippen LogP contribution in [0, 0.1) is 5.41 Å². The van der Waals surface area contributed by atoms with Crippen molar-refractivity contribution >= 4 is 27.8 Å². The van der Waals surface area contributed by atoms with Crippen molar-refractivity contribution in [3.8, 4) is 0 Å². The van der Waals surface area contributed by atoms with Crippen molar-refractivity contribution in [2.45, 2.75) is 26.7 Å². The molecular formula is C18H24N2O6S. The minimum absolute atomic E-state index is 0.121. The lowest BCUT2D eigenvalue weighted by Gasteiger charge is -2.23. The number of likely N-dealkylation sites (tertiary alicyclic amines) is 1. The second-order valence-electron chi connectivity index (χ2n) is 6.86. The Labute approximate surface area is 158 Å². The van der Waals surface area contributed by atoms with E-state index in [1.807, 2.05) is 0 Å². The van der Waals surface area contributed by atoms with Crippen LogP contribution in [0.3, 0.4) is 0 Å². The summed E-state index contributed by atoms with van der Waals surface area (Å²) >= 11 is 0. The molecule has 1 saturated heterocycles. The van der Waals surface area contributed by atoms with Gasteiger partial charge < -0.3 is 9.64 Å². The summed E-state index contributed by atoms with van der Waals surface area (Å²) in [6.07, 6.45) is 0.776. The van der Waals surface area contributed by atoms with Crippen LogP contribution in [-0.4, -0.2) is 57.1 Å². The normalized spacial score (nSPS) is 19.6. The summed E-state index contributed by atoms with van der Waals surface area (Å²) in [5.74, 6) is -1.48. The van der Waals surface area contributed by atoms with Crippen molar-refractivity contribution in [3.63, 3.8) is 0 Å². The van der Waals surface area contributed by atoms with Crippen LogP contribution >= 0.6 is 0 Å². The molecule has 0 saturated carbocycles. The molecule has 2 amide bonds. The number of methoxy groups -OCH3 is 1. The summed E-state index contributed by atoms with van der Waals surface area (Å²) in [6.45, 7) is 3.83. The molecule has 0 aliphatic carbocycles. The average Bonchev–Trinajstić information content (AvgIpc) is 3.04. The maximum Gasteiger partial charge on any atom is 0.337 e. The Hall–Kier alpha value is -2.42. The van der Waals surface area contributed by atoms with Crippen molar-refractivity contribution in [3.05, 3.63) is 35.4 Å². The fourth-order valence-corrected chi connectivity index (χ4v) is 4.12. The second kappa shape index (κ2) is 8.08. The molecule has 1 aromatic rings. The van der Waals surface area contributed by atoms with Crippen molar-refractivity contribution in [1.82, 2.24) is 9.62 Å². The van der Waals surface area contributed by atoms with Gasteiger partial charge in [-0.3, -0.25) is 14.3 Å². The second-order valence-corrected chi connectivity index (χ2v) is 8.70. The zero-order chi connectivity index (χ0) is 20.2. The lowest BCUT2D eigenvalue weighted by Crippen LogP contribution is -2.44. The molecule has 8 nitrogen and oxygen atoms in total. The number of nitrogens with zero attached hydrogens (tertiary/aromatic N) is 1. The molecule has 0 spiro atoms. The van der Waals surface area contributed by atoms with Crippen molar-refractivity contribution in [1.29, 1.82) is 0 Å². The third kappa shape index (κ3) is 4.85. The van der Waals surface area contributed by atoms with Crippen LogP contribution in [-0.2, 0) is 19.6 Å². The Morgan fingerprint density at radius 2 is 1.78 bits per heavy atom. The molecule has 1 aliphatic rings. The largest absolute Gasteiger partial charge is 0.465 e. The Bertz CT molecular complexity index is 834. The third-order valence-corrected chi connectivity index (χ3v) is 6.02. The van der Waals surface area contributed by atoms with Gasteiger partial charge in [0.25, 0.3) is 5.91 Å². The van der Waals surface area contributed by atoms with Gasteiger partial charge in [-0.25, -0.2) is 13.2 Å². The fraction of sp³-hybridized carbons (Fsp3) is 0.500. The minimum Gasteiger partial charge on any atom is -0.465 e. The quantitative estimate of drug-likeness (QED) is 0.723. The highest BCUT2D eigenvalue weighted by atomic mass is 32.2. The zero-order valence-corrected chi connectivity index (χ0v) is 16.5. The van der Waals surface area contributed by atoms with Crippen LogP contribution in [0.25, 0.3) is 0 Å². The third-order valence-electron chi connectivity index (χ3n) is 4.58. The van der Waals surface area contributed by atoms with Gasteiger partial charge >= 0.3 is 5.97 Å². The number of carbonyl (C=O) groups is 3. The average molecular weight is 396 g/mol. The Morgan fingerprint density at radius 1 is 1.19 bits per heavy atom. The highest BCUT2D eigenvalue weighted by molar-refractivity contribution is 7.90. The van der Waals surface area contributed by atoms with Crippen LogP contribution in [0.1, 0.15) is 47.4 Å². The van der Waals surface area contributed by atoms with E-state index in [0.29, 0.717) is 30.5 Å². The van der Waals surface area contributed by atoms with E-state index in [2.05, 4.69) is 9.46 Å². The van der Waals surface area contributed by atoms with Crippen LogP contribution in [0.5, 0.6) is 0 Å². The van der Waals surface area contributed by atoms with Crippen LogP contribution in [0.15, 0.2) is 24.3 Å². The van der Waals surface area contributed by atoms with Crippen molar-refractivity contribution in [2.75, 3.05) is 26.0 Å². The summed E-state index contributed by atoms with van der Waals surface area (Å²) < 4.78 is 30.4. The summed E-state index contributed by atoms with van der Waals surface area (Å²) in [5.41, 5.74) is -0.255. The van der Waals surface area contributed by atoms with Crippen molar-refractivity contribution < 1.29 is 27.5 Å². The molecule has 9 heteroatoms. The molecule has 0 aromatic heterocycles. The maximum absolute atomic E-state index is 12.7. The highest BCUT2D eigenvalue weighted by Crippen LogP contribution is 2.31. The van der Waals surface area contributed by atoms with E-state index in [1.54, 1.807) is 13.8 Å². The maximum atomic E-state index is 12.7. The van der Waals surface area contributed by atoms with Gasteiger partial charge in [-0.05, 0) is 44.0 Å². The first-order chi connectivity index (χ1) is 12.6. The number of esters is 1. The first-order valence-electron chi connectivity index (χ1n) is 8.64. The fourth-order valence-electron chi connectivity index (χ4n) is 2.95. The molecule has 148 valence electrons. The number of ether oxygens (including phenoxy) is 1. The summed E-state index contributed by atoms with van der Waals surface area (Å²) in [7, 11) is -2.38. The molecule has 1 atom stereocenters. The monoisotopic (exact) mass is 396 g/mol. The zero-order valence-electron chi connectivity index (χ0n) is 15.6. The van der Waals surface area contributed by atoms with E-state index in [9.17, 15) is 22.8 Å².